The van der Waals surface area contributed by atoms with Crippen LogP contribution in [0.4, 0.5) is 4.79 Å². The summed E-state index contributed by atoms with van der Waals surface area (Å²) in [4.78, 5) is 14.1. The van der Waals surface area contributed by atoms with E-state index in [4.69, 9.17) is 5.26 Å². The van der Waals surface area contributed by atoms with Gasteiger partial charge in [-0.2, -0.15) is 5.26 Å². The van der Waals surface area contributed by atoms with E-state index in [1.165, 1.54) is 19.3 Å². The van der Waals surface area contributed by atoms with Crippen LogP contribution in [0.1, 0.15) is 51.9 Å². The van der Waals surface area contributed by atoms with Crippen LogP contribution in [-0.2, 0) is 0 Å². The number of nitrogens with zero attached hydrogens (tertiary/aromatic N) is 2. The predicted molar refractivity (Wildman–Crippen MR) is 76.9 cm³/mol. The predicted octanol–water partition coefficient (Wildman–Crippen LogP) is 2.90. The minimum absolute atomic E-state index is 0.0182. The average molecular weight is 275 g/mol. The fraction of sp³-hybridized carbons (Fsp3) is 0.875. The molecule has 0 aliphatic heterocycles. The van der Waals surface area contributed by atoms with E-state index < -0.39 is 0 Å². The van der Waals surface area contributed by atoms with Gasteiger partial charge < -0.3 is 10.2 Å². The monoisotopic (exact) mass is 275 g/mol. The van der Waals surface area contributed by atoms with Gasteiger partial charge in [0.2, 0.25) is 0 Å². The van der Waals surface area contributed by atoms with Crippen LogP contribution in [-0.4, -0.2) is 29.6 Å². The van der Waals surface area contributed by atoms with E-state index in [1.807, 2.05) is 6.92 Å². The van der Waals surface area contributed by atoms with Crippen LogP contribution < -0.4 is 5.32 Å². The number of carbonyl (C=O) groups is 1. The Hall–Kier alpha value is -1.24. The highest BCUT2D eigenvalue weighted by Crippen LogP contribution is 2.55. The molecule has 4 saturated carbocycles. The van der Waals surface area contributed by atoms with Crippen LogP contribution >= 0.6 is 0 Å². The third-order valence-electron chi connectivity index (χ3n) is 5.45. The number of hydrogen-bond donors (Lipinski definition) is 1. The molecule has 0 heterocycles. The smallest absolute Gasteiger partial charge is 0.318 e. The Balaban J connectivity index is 1.67. The third-order valence-corrected chi connectivity index (χ3v) is 5.45. The van der Waals surface area contributed by atoms with Gasteiger partial charge in [-0.25, -0.2) is 4.79 Å². The van der Waals surface area contributed by atoms with Crippen molar-refractivity contribution in [3.05, 3.63) is 0 Å². The molecule has 0 aromatic carbocycles. The quantitative estimate of drug-likeness (QED) is 0.802. The van der Waals surface area contributed by atoms with Gasteiger partial charge in [0.1, 0.15) is 6.54 Å². The minimum Gasteiger partial charge on any atom is -0.333 e. The third kappa shape index (κ3) is 2.51. The molecule has 4 aliphatic carbocycles. The number of hydrogen-bond acceptors (Lipinski definition) is 2. The molecule has 0 spiro atoms. The van der Waals surface area contributed by atoms with Crippen LogP contribution in [0.2, 0.25) is 0 Å². The fourth-order valence-corrected chi connectivity index (χ4v) is 5.18. The van der Waals surface area contributed by atoms with Crippen molar-refractivity contribution in [3.63, 3.8) is 0 Å². The lowest BCUT2D eigenvalue weighted by atomic mass is 9.53. The summed E-state index contributed by atoms with van der Waals surface area (Å²) in [6.45, 7) is 2.92. The van der Waals surface area contributed by atoms with Crippen molar-refractivity contribution in [1.82, 2.24) is 10.2 Å². The maximum Gasteiger partial charge on any atom is 0.318 e. The summed E-state index contributed by atoms with van der Waals surface area (Å²) in [6.07, 6.45) is 8.53. The highest BCUT2D eigenvalue weighted by molar-refractivity contribution is 5.75. The number of nitriles is 1. The van der Waals surface area contributed by atoms with Gasteiger partial charge in [-0.15, -0.1) is 0 Å². The van der Waals surface area contributed by atoms with E-state index in [2.05, 4.69) is 11.4 Å². The van der Waals surface area contributed by atoms with Gasteiger partial charge in [0, 0.05) is 12.1 Å². The van der Waals surface area contributed by atoms with Crippen molar-refractivity contribution < 1.29 is 4.79 Å². The molecule has 4 aliphatic rings. The molecule has 4 bridgehead atoms. The lowest BCUT2D eigenvalue weighted by molar-refractivity contribution is -0.0154. The molecular formula is C16H25N3O. The summed E-state index contributed by atoms with van der Waals surface area (Å²) < 4.78 is 0. The van der Waals surface area contributed by atoms with Crippen LogP contribution in [0.3, 0.4) is 0 Å². The van der Waals surface area contributed by atoms with E-state index in [1.54, 1.807) is 4.90 Å². The molecule has 0 atom stereocenters. The molecule has 20 heavy (non-hydrogen) atoms. The number of nitrogens with one attached hydrogen (secondary N) is 1. The summed E-state index contributed by atoms with van der Waals surface area (Å²) in [5.74, 6) is 2.49. The molecule has 0 aromatic rings. The second kappa shape index (κ2) is 5.27. The Morgan fingerprint density at radius 3 is 2.25 bits per heavy atom. The van der Waals surface area contributed by atoms with Gasteiger partial charge in [0.05, 0.1) is 6.07 Å². The molecule has 0 aromatic heterocycles. The Morgan fingerprint density at radius 2 is 1.80 bits per heavy atom. The van der Waals surface area contributed by atoms with Gasteiger partial charge in [-0.1, -0.05) is 6.92 Å². The molecule has 0 unspecified atom stereocenters. The molecule has 4 nitrogen and oxygen atoms in total. The van der Waals surface area contributed by atoms with Gasteiger partial charge in [-0.05, 0) is 62.7 Å². The van der Waals surface area contributed by atoms with E-state index in [-0.39, 0.29) is 18.1 Å². The van der Waals surface area contributed by atoms with Gasteiger partial charge in [-0.3, -0.25) is 0 Å². The van der Waals surface area contributed by atoms with Gasteiger partial charge in [0.25, 0.3) is 0 Å². The van der Waals surface area contributed by atoms with Crippen molar-refractivity contribution in [2.75, 3.05) is 13.1 Å². The normalized spacial score (nSPS) is 37.5. The molecule has 4 heteroatoms. The van der Waals surface area contributed by atoms with Crippen molar-refractivity contribution in [3.8, 4) is 6.07 Å². The molecule has 0 saturated heterocycles. The van der Waals surface area contributed by atoms with Crippen molar-refractivity contribution in [2.24, 2.45) is 17.8 Å². The topological polar surface area (TPSA) is 56.1 Å². The summed E-state index contributed by atoms with van der Waals surface area (Å²) >= 11 is 0. The minimum atomic E-state index is -0.0182. The van der Waals surface area contributed by atoms with E-state index in [0.717, 1.165) is 43.4 Å². The van der Waals surface area contributed by atoms with Crippen molar-refractivity contribution >= 4 is 6.03 Å². The summed E-state index contributed by atoms with van der Waals surface area (Å²) in [7, 11) is 0. The Kier molecular flexibility index (Phi) is 3.62. The van der Waals surface area contributed by atoms with Crippen molar-refractivity contribution in [1.29, 1.82) is 5.26 Å². The second-order valence-electron chi connectivity index (χ2n) is 7.21. The fourth-order valence-electron chi connectivity index (χ4n) is 5.18. The molecule has 2 amide bonds. The Bertz CT molecular complexity index is 391. The number of amides is 2. The molecule has 1 N–H and O–H groups in total. The molecular weight excluding hydrogens is 250 g/mol. The zero-order valence-corrected chi connectivity index (χ0v) is 12.4. The SMILES string of the molecule is CCCN(CC#N)C(=O)NC12CC3CC(CC(C3)C1)C2. The standard InChI is InChI=1S/C16H25N3O/c1-2-4-19(5-3-17)15(20)18-16-9-12-6-13(10-16)8-14(7-12)11-16/h12-14H,2,4-11H2,1H3,(H,18,20). The van der Waals surface area contributed by atoms with Crippen LogP contribution in [0, 0.1) is 29.1 Å². The number of carbonyl (C=O) groups excluding carboxylic acids is 1. The second-order valence-corrected chi connectivity index (χ2v) is 7.21. The maximum atomic E-state index is 12.5. The summed E-state index contributed by atoms with van der Waals surface area (Å²) in [6, 6.07) is 2.09. The first-order valence-corrected chi connectivity index (χ1v) is 8.08. The first-order valence-electron chi connectivity index (χ1n) is 8.08. The lowest BCUT2D eigenvalue weighted by Crippen LogP contribution is -2.61. The van der Waals surface area contributed by atoms with Crippen LogP contribution in [0.5, 0.6) is 0 Å². The van der Waals surface area contributed by atoms with E-state index in [0.29, 0.717) is 6.54 Å². The largest absolute Gasteiger partial charge is 0.333 e. The van der Waals surface area contributed by atoms with E-state index >= 15 is 0 Å². The average Bonchev–Trinajstić information content (AvgIpc) is 2.36. The lowest BCUT2D eigenvalue weighted by Gasteiger charge is -2.57. The van der Waals surface area contributed by atoms with Crippen molar-refractivity contribution in [2.45, 2.75) is 57.4 Å². The van der Waals surface area contributed by atoms with Gasteiger partial charge in [0.15, 0.2) is 0 Å². The first-order chi connectivity index (χ1) is 9.64. The Labute approximate surface area is 121 Å². The van der Waals surface area contributed by atoms with Gasteiger partial charge >= 0.3 is 6.03 Å². The number of urea groups is 1. The zero-order chi connectivity index (χ0) is 14.2. The Morgan fingerprint density at radius 1 is 1.25 bits per heavy atom. The van der Waals surface area contributed by atoms with E-state index in [9.17, 15) is 4.79 Å². The maximum absolute atomic E-state index is 12.5. The number of rotatable bonds is 4. The molecule has 4 rings (SSSR count). The molecule has 4 fully saturated rings. The first kappa shape index (κ1) is 13.7. The highest BCUT2D eigenvalue weighted by Gasteiger charge is 2.51. The molecule has 110 valence electrons. The molecule has 0 radical (unpaired) electrons. The summed E-state index contributed by atoms with van der Waals surface area (Å²) in [5.41, 5.74) is 0.0489. The summed E-state index contributed by atoms with van der Waals surface area (Å²) in [5, 5.41) is 12.2. The zero-order valence-electron chi connectivity index (χ0n) is 12.4. The van der Waals surface area contributed by atoms with Crippen LogP contribution in [0.15, 0.2) is 0 Å². The highest BCUT2D eigenvalue weighted by atomic mass is 16.2. The van der Waals surface area contributed by atoms with Crippen LogP contribution in [0.25, 0.3) is 0 Å².